The van der Waals surface area contributed by atoms with Crippen LogP contribution in [0.3, 0.4) is 0 Å². The van der Waals surface area contributed by atoms with E-state index in [0.29, 0.717) is 19.6 Å². The molecule has 2 aromatic carbocycles. The molecular formula is C21H24N4O. The molecule has 5 nitrogen and oxygen atoms in total. The Labute approximate surface area is 153 Å². The number of carbonyl (C=O) groups excluding carboxylic acids is 1. The van der Waals surface area contributed by atoms with Crippen LogP contribution in [0.4, 0.5) is 10.6 Å². The minimum atomic E-state index is -0.168. The molecule has 0 atom stereocenters. The molecule has 0 aliphatic heterocycles. The number of hydrogen-bond acceptors (Lipinski definition) is 3. The van der Waals surface area contributed by atoms with Crippen molar-refractivity contribution in [2.24, 2.45) is 0 Å². The maximum absolute atomic E-state index is 11.9. The number of aryl methyl sites for hydroxylation is 2. The zero-order chi connectivity index (χ0) is 18.4. The molecular weight excluding hydrogens is 324 g/mol. The van der Waals surface area contributed by atoms with Gasteiger partial charge in [0.2, 0.25) is 0 Å². The molecule has 1 aromatic heterocycles. The first-order valence-electron chi connectivity index (χ1n) is 8.79. The van der Waals surface area contributed by atoms with Crippen molar-refractivity contribution in [3.05, 3.63) is 71.3 Å². The number of fused-ring (bicyclic) bond motifs is 1. The molecule has 3 aromatic rings. The second-order valence-electron chi connectivity index (χ2n) is 6.36. The van der Waals surface area contributed by atoms with E-state index in [1.54, 1.807) is 0 Å². The number of nitrogens with one attached hydrogen (secondary N) is 3. The number of carbonyl (C=O) groups is 1. The third-order valence-electron chi connectivity index (χ3n) is 4.25. The minimum absolute atomic E-state index is 0.168. The number of rotatable bonds is 6. The van der Waals surface area contributed by atoms with Crippen molar-refractivity contribution < 1.29 is 4.79 Å². The molecule has 2 amide bonds. The fourth-order valence-electron chi connectivity index (χ4n) is 2.81. The van der Waals surface area contributed by atoms with Gasteiger partial charge < -0.3 is 16.0 Å². The molecule has 0 aliphatic carbocycles. The molecule has 5 heteroatoms. The molecule has 0 bridgehead atoms. The Morgan fingerprint density at radius 3 is 2.65 bits per heavy atom. The zero-order valence-electron chi connectivity index (χ0n) is 15.2. The van der Waals surface area contributed by atoms with Crippen LogP contribution in [0.15, 0.2) is 54.6 Å². The number of benzene rings is 2. The van der Waals surface area contributed by atoms with Crippen LogP contribution in [-0.4, -0.2) is 24.1 Å². The Balaban J connectivity index is 1.40. The van der Waals surface area contributed by atoms with Gasteiger partial charge in [0.25, 0.3) is 0 Å². The Morgan fingerprint density at radius 1 is 0.962 bits per heavy atom. The second kappa shape index (κ2) is 8.34. The van der Waals surface area contributed by atoms with Crippen LogP contribution in [-0.2, 0) is 6.54 Å². The monoisotopic (exact) mass is 348 g/mol. The first kappa shape index (κ1) is 17.7. The maximum atomic E-state index is 11.9. The standard InChI is InChI=1S/C21H24N4O/c1-15-7-8-18(16(2)13-15)14-24-21(26)23-12-11-22-20-10-9-17-5-3-4-6-19(17)25-20/h3-10,13H,11-12,14H2,1-2H3,(H,22,25)(H2,23,24,26). The number of aromatic nitrogens is 1. The van der Waals surface area contributed by atoms with Crippen molar-refractivity contribution in [3.8, 4) is 0 Å². The maximum Gasteiger partial charge on any atom is 0.315 e. The number of urea groups is 1. The summed E-state index contributed by atoms with van der Waals surface area (Å²) in [6.45, 7) is 5.78. The van der Waals surface area contributed by atoms with Crippen LogP contribution in [0, 0.1) is 13.8 Å². The van der Waals surface area contributed by atoms with E-state index in [-0.39, 0.29) is 6.03 Å². The van der Waals surface area contributed by atoms with E-state index in [1.165, 1.54) is 11.1 Å². The normalized spacial score (nSPS) is 10.5. The van der Waals surface area contributed by atoms with Crippen LogP contribution in [0.1, 0.15) is 16.7 Å². The second-order valence-corrected chi connectivity index (χ2v) is 6.36. The Hall–Kier alpha value is -3.08. The molecule has 0 radical (unpaired) electrons. The van der Waals surface area contributed by atoms with E-state index in [1.807, 2.05) is 36.4 Å². The van der Waals surface area contributed by atoms with Crippen LogP contribution in [0.2, 0.25) is 0 Å². The molecule has 1 heterocycles. The predicted molar refractivity (Wildman–Crippen MR) is 106 cm³/mol. The van der Waals surface area contributed by atoms with Crippen molar-refractivity contribution in [3.63, 3.8) is 0 Å². The molecule has 0 unspecified atom stereocenters. The predicted octanol–water partition coefficient (Wildman–Crippen LogP) is 3.76. The van der Waals surface area contributed by atoms with Gasteiger partial charge in [0.1, 0.15) is 5.82 Å². The van der Waals surface area contributed by atoms with E-state index in [0.717, 1.165) is 22.3 Å². The summed E-state index contributed by atoms with van der Waals surface area (Å²) in [5, 5.41) is 10.1. The highest BCUT2D eigenvalue weighted by molar-refractivity contribution is 5.80. The van der Waals surface area contributed by atoms with Crippen molar-refractivity contribution in [1.82, 2.24) is 15.6 Å². The summed E-state index contributed by atoms with van der Waals surface area (Å²) in [6.07, 6.45) is 0. The first-order valence-corrected chi connectivity index (χ1v) is 8.79. The van der Waals surface area contributed by atoms with Gasteiger partial charge in [0.15, 0.2) is 0 Å². The molecule has 0 saturated heterocycles. The average Bonchev–Trinajstić information content (AvgIpc) is 2.64. The van der Waals surface area contributed by atoms with E-state index < -0.39 is 0 Å². The number of para-hydroxylation sites is 1. The molecule has 134 valence electrons. The average molecular weight is 348 g/mol. The summed E-state index contributed by atoms with van der Waals surface area (Å²) < 4.78 is 0. The molecule has 0 saturated carbocycles. The lowest BCUT2D eigenvalue weighted by atomic mass is 10.1. The largest absolute Gasteiger partial charge is 0.368 e. The number of nitrogens with zero attached hydrogens (tertiary/aromatic N) is 1. The fourth-order valence-corrected chi connectivity index (χ4v) is 2.81. The zero-order valence-corrected chi connectivity index (χ0v) is 15.2. The summed E-state index contributed by atoms with van der Waals surface area (Å²) in [4.78, 5) is 16.5. The van der Waals surface area contributed by atoms with Gasteiger partial charge in [-0.05, 0) is 43.2 Å². The van der Waals surface area contributed by atoms with Crippen LogP contribution < -0.4 is 16.0 Å². The highest BCUT2D eigenvalue weighted by atomic mass is 16.2. The lowest BCUT2D eigenvalue weighted by Gasteiger charge is -2.11. The van der Waals surface area contributed by atoms with Gasteiger partial charge in [0.05, 0.1) is 5.52 Å². The topological polar surface area (TPSA) is 66.1 Å². The van der Waals surface area contributed by atoms with Gasteiger partial charge in [-0.1, -0.05) is 42.0 Å². The summed E-state index contributed by atoms with van der Waals surface area (Å²) in [7, 11) is 0. The first-order chi connectivity index (χ1) is 12.6. The Kier molecular flexibility index (Phi) is 5.69. The summed E-state index contributed by atoms with van der Waals surface area (Å²) in [5.41, 5.74) is 4.50. The van der Waals surface area contributed by atoms with Gasteiger partial charge in [-0.25, -0.2) is 9.78 Å². The van der Waals surface area contributed by atoms with Gasteiger partial charge in [-0.2, -0.15) is 0 Å². The number of anilines is 1. The highest BCUT2D eigenvalue weighted by Gasteiger charge is 2.03. The van der Waals surface area contributed by atoms with Gasteiger partial charge in [0, 0.05) is 25.0 Å². The molecule has 0 spiro atoms. The number of amides is 2. The van der Waals surface area contributed by atoms with Crippen molar-refractivity contribution in [2.75, 3.05) is 18.4 Å². The van der Waals surface area contributed by atoms with Crippen molar-refractivity contribution >= 4 is 22.8 Å². The van der Waals surface area contributed by atoms with Crippen molar-refractivity contribution in [2.45, 2.75) is 20.4 Å². The van der Waals surface area contributed by atoms with Crippen molar-refractivity contribution in [1.29, 1.82) is 0 Å². The third-order valence-corrected chi connectivity index (χ3v) is 4.25. The Morgan fingerprint density at radius 2 is 1.81 bits per heavy atom. The van der Waals surface area contributed by atoms with E-state index in [9.17, 15) is 4.79 Å². The molecule has 0 fully saturated rings. The SMILES string of the molecule is Cc1ccc(CNC(=O)NCCNc2ccc3ccccc3n2)c(C)c1. The molecule has 26 heavy (non-hydrogen) atoms. The van der Waals surface area contributed by atoms with Gasteiger partial charge >= 0.3 is 6.03 Å². The molecule has 3 N–H and O–H groups in total. The van der Waals surface area contributed by atoms with E-state index in [4.69, 9.17) is 0 Å². The van der Waals surface area contributed by atoms with Crippen LogP contribution in [0.5, 0.6) is 0 Å². The van der Waals surface area contributed by atoms with Crippen LogP contribution in [0.25, 0.3) is 10.9 Å². The number of pyridine rings is 1. The smallest absolute Gasteiger partial charge is 0.315 e. The van der Waals surface area contributed by atoms with E-state index in [2.05, 4.69) is 53.0 Å². The quantitative estimate of drug-likeness (QED) is 0.594. The van der Waals surface area contributed by atoms with Gasteiger partial charge in [-0.3, -0.25) is 0 Å². The minimum Gasteiger partial charge on any atom is -0.368 e. The lowest BCUT2D eigenvalue weighted by Crippen LogP contribution is -2.37. The van der Waals surface area contributed by atoms with Crippen LogP contribution >= 0.6 is 0 Å². The fraction of sp³-hybridized carbons (Fsp3) is 0.238. The Bertz CT molecular complexity index is 907. The summed E-state index contributed by atoms with van der Waals surface area (Å²) in [5.74, 6) is 0.807. The third kappa shape index (κ3) is 4.72. The van der Waals surface area contributed by atoms with Gasteiger partial charge in [-0.15, -0.1) is 0 Å². The lowest BCUT2D eigenvalue weighted by molar-refractivity contribution is 0.241. The summed E-state index contributed by atoms with van der Waals surface area (Å²) in [6, 6.07) is 18.0. The molecule has 3 rings (SSSR count). The highest BCUT2D eigenvalue weighted by Crippen LogP contribution is 2.14. The van der Waals surface area contributed by atoms with E-state index >= 15 is 0 Å². The number of hydrogen-bond donors (Lipinski definition) is 3. The summed E-state index contributed by atoms with van der Waals surface area (Å²) >= 11 is 0. The molecule has 0 aliphatic rings.